The molecule has 0 heterocycles. The number of hydrogen-bond donors (Lipinski definition) is 7. The van der Waals surface area contributed by atoms with Gasteiger partial charge in [0, 0.05) is 12.8 Å². The van der Waals surface area contributed by atoms with Crippen LogP contribution in [0.1, 0.15) is 45.6 Å². The molecular weight excluding hydrogens is 470 g/mol. The lowest BCUT2D eigenvalue weighted by Gasteiger charge is -2.27. The van der Waals surface area contributed by atoms with Gasteiger partial charge in [0.05, 0.1) is 12.1 Å². The number of carbonyl (C=O) groups excluding carboxylic acids is 4. The molecule has 0 radical (unpaired) electrons. The number of aliphatic carboxylic acids is 1. The number of amides is 4. The molecule has 5 atom stereocenters. The second kappa shape index (κ2) is 14.8. The highest BCUT2D eigenvalue weighted by atomic mass is 16.4. The highest BCUT2D eigenvalue weighted by Gasteiger charge is 2.32. The summed E-state index contributed by atoms with van der Waals surface area (Å²) < 4.78 is 0. The van der Waals surface area contributed by atoms with Gasteiger partial charge >= 0.3 is 5.97 Å². The maximum atomic E-state index is 13.0. The van der Waals surface area contributed by atoms with E-state index in [0.29, 0.717) is 5.56 Å². The molecule has 9 N–H and O–H groups in total. The summed E-state index contributed by atoms with van der Waals surface area (Å²) in [6.07, 6.45) is -1.33. The minimum Gasteiger partial charge on any atom is -0.480 e. The number of carboxylic acids is 1. The van der Waals surface area contributed by atoms with Crippen molar-refractivity contribution in [2.24, 2.45) is 17.4 Å². The number of nitrogens with one attached hydrogen (secondary N) is 3. The molecule has 4 amide bonds. The monoisotopic (exact) mass is 507 g/mol. The summed E-state index contributed by atoms with van der Waals surface area (Å²) in [7, 11) is 0. The van der Waals surface area contributed by atoms with Crippen LogP contribution in [0.25, 0.3) is 0 Å². The summed E-state index contributed by atoms with van der Waals surface area (Å²) >= 11 is 0. The second-order valence-corrected chi connectivity index (χ2v) is 9.12. The molecule has 200 valence electrons. The van der Waals surface area contributed by atoms with E-state index >= 15 is 0 Å². The Morgan fingerprint density at radius 2 is 1.47 bits per heavy atom. The first-order valence-corrected chi connectivity index (χ1v) is 11.7. The first-order chi connectivity index (χ1) is 16.8. The maximum Gasteiger partial charge on any atom is 0.326 e. The topological polar surface area (TPSA) is 214 Å². The Morgan fingerprint density at radius 1 is 0.889 bits per heavy atom. The van der Waals surface area contributed by atoms with Crippen LogP contribution in [0.3, 0.4) is 0 Å². The predicted octanol–water partition coefficient (Wildman–Crippen LogP) is -1.21. The number of benzene rings is 1. The van der Waals surface area contributed by atoms with Crippen molar-refractivity contribution in [2.75, 3.05) is 0 Å². The lowest BCUT2D eigenvalue weighted by atomic mass is 10.0. The fourth-order valence-corrected chi connectivity index (χ4v) is 3.38. The fraction of sp³-hybridized carbons (Fsp3) is 0.542. The molecule has 5 unspecified atom stereocenters. The largest absolute Gasteiger partial charge is 0.480 e. The minimum absolute atomic E-state index is 0.0119. The predicted molar refractivity (Wildman–Crippen MR) is 131 cm³/mol. The molecule has 0 fully saturated rings. The number of primary amides is 1. The third-order valence-electron chi connectivity index (χ3n) is 5.34. The van der Waals surface area contributed by atoms with E-state index in [0.717, 1.165) is 0 Å². The van der Waals surface area contributed by atoms with Crippen molar-refractivity contribution in [3.8, 4) is 0 Å². The van der Waals surface area contributed by atoms with Gasteiger partial charge in [-0.25, -0.2) is 4.79 Å². The number of aliphatic hydroxyl groups excluding tert-OH is 1. The quantitative estimate of drug-likeness (QED) is 0.152. The zero-order chi connectivity index (χ0) is 27.4. The van der Waals surface area contributed by atoms with E-state index < -0.39 is 59.9 Å². The molecule has 12 nitrogen and oxygen atoms in total. The van der Waals surface area contributed by atoms with Crippen molar-refractivity contribution >= 4 is 29.6 Å². The van der Waals surface area contributed by atoms with Crippen molar-refractivity contribution in [3.63, 3.8) is 0 Å². The van der Waals surface area contributed by atoms with Gasteiger partial charge in [0.2, 0.25) is 23.6 Å². The number of rotatable bonds is 15. The molecule has 1 aromatic carbocycles. The van der Waals surface area contributed by atoms with E-state index in [9.17, 15) is 34.2 Å². The van der Waals surface area contributed by atoms with Crippen molar-refractivity contribution in [3.05, 3.63) is 35.9 Å². The Labute approximate surface area is 210 Å². The van der Waals surface area contributed by atoms with Crippen LogP contribution < -0.4 is 27.4 Å². The third-order valence-corrected chi connectivity index (χ3v) is 5.34. The van der Waals surface area contributed by atoms with E-state index in [-0.39, 0.29) is 31.6 Å². The SMILES string of the molecule is CC(C)CC(NC(=O)C(Cc1ccccc1)NC(=O)C(NC(=O)C(N)CCC(N)=O)C(C)O)C(=O)O. The van der Waals surface area contributed by atoms with Crippen molar-refractivity contribution in [2.45, 2.75) is 76.7 Å². The first-order valence-electron chi connectivity index (χ1n) is 11.7. The average molecular weight is 508 g/mol. The molecule has 0 bridgehead atoms. The summed E-state index contributed by atoms with van der Waals surface area (Å²) in [6, 6.07) is 3.77. The van der Waals surface area contributed by atoms with E-state index in [1.54, 1.807) is 30.3 Å². The highest BCUT2D eigenvalue weighted by Crippen LogP contribution is 2.09. The Bertz CT molecular complexity index is 907. The van der Waals surface area contributed by atoms with Crippen LogP contribution in [-0.2, 0) is 30.4 Å². The Kier molecular flexibility index (Phi) is 12.5. The van der Waals surface area contributed by atoms with Crippen molar-refractivity contribution in [1.82, 2.24) is 16.0 Å². The van der Waals surface area contributed by atoms with Gasteiger partial charge in [-0.1, -0.05) is 44.2 Å². The highest BCUT2D eigenvalue weighted by molar-refractivity contribution is 5.94. The molecule has 0 aliphatic rings. The molecule has 0 aliphatic heterocycles. The first kappa shape index (κ1) is 30.5. The van der Waals surface area contributed by atoms with Gasteiger partial charge < -0.3 is 37.6 Å². The van der Waals surface area contributed by atoms with Crippen LogP contribution in [0.5, 0.6) is 0 Å². The molecular formula is C24H37N5O7. The van der Waals surface area contributed by atoms with Gasteiger partial charge in [-0.2, -0.15) is 0 Å². The van der Waals surface area contributed by atoms with Crippen molar-refractivity contribution in [1.29, 1.82) is 0 Å². The second-order valence-electron chi connectivity index (χ2n) is 9.12. The summed E-state index contributed by atoms with van der Waals surface area (Å²) in [6.45, 7) is 4.90. The standard InChI is InChI=1S/C24H37N5O7/c1-13(2)11-18(24(35)36)28-22(33)17(12-15-7-5-4-6-8-15)27-23(34)20(14(3)30)29-21(32)16(25)9-10-19(26)31/h4-8,13-14,16-18,20,30H,9-12,25H2,1-3H3,(H2,26,31)(H,27,34)(H,28,33)(H,29,32)(H,35,36). The molecule has 0 saturated heterocycles. The number of nitrogens with two attached hydrogens (primary N) is 2. The maximum absolute atomic E-state index is 13.0. The Balaban J connectivity index is 3.06. The van der Waals surface area contributed by atoms with E-state index in [2.05, 4.69) is 16.0 Å². The number of carbonyl (C=O) groups is 5. The van der Waals surface area contributed by atoms with Crippen LogP contribution >= 0.6 is 0 Å². The normalized spacial score (nSPS) is 15.2. The minimum atomic E-state index is -1.46. The van der Waals surface area contributed by atoms with Crippen LogP contribution in [0.2, 0.25) is 0 Å². The lowest BCUT2D eigenvalue weighted by molar-refractivity contribution is -0.143. The van der Waals surface area contributed by atoms with Gasteiger partial charge in [0.1, 0.15) is 18.1 Å². The number of carboxylic acid groups (broad SMARTS) is 1. The number of hydrogen-bond acceptors (Lipinski definition) is 7. The third kappa shape index (κ3) is 10.8. The molecule has 12 heteroatoms. The van der Waals surface area contributed by atoms with Gasteiger partial charge in [-0.15, -0.1) is 0 Å². The van der Waals surface area contributed by atoms with Crippen molar-refractivity contribution < 1.29 is 34.2 Å². The number of aliphatic hydroxyl groups is 1. The molecule has 0 spiro atoms. The molecule has 0 aliphatic carbocycles. The van der Waals surface area contributed by atoms with E-state index in [4.69, 9.17) is 11.5 Å². The fourth-order valence-electron chi connectivity index (χ4n) is 3.38. The molecule has 0 saturated carbocycles. The summed E-state index contributed by atoms with van der Waals surface area (Å²) in [5.41, 5.74) is 11.5. The Hall–Kier alpha value is -3.51. The smallest absolute Gasteiger partial charge is 0.326 e. The summed E-state index contributed by atoms with van der Waals surface area (Å²) in [5, 5.41) is 26.9. The van der Waals surface area contributed by atoms with E-state index in [1.807, 2.05) is 13.8 Å². The van der Waals surface area contributed by atoms with Gasteiger partial charge in [0.15, 0.2) is 0 Å². The summed E-state index contributed by atoms with van der Waals surface area (Å²) in [5.74, 6) is -4.25. The van der Waals surface area contributed by atoms with Crippen LogP contribution in [-0.4, -0.2) is 70.1 Å². The van der Waals surface area contributed by atoms with Crippen LogP contribution in [0, 0.1) is 5.92 Å². The lowest BCUT2D eigenvalue weighted by Crippen LogP contribution is -2.60. The Morgan fingerprint density at radius 3 is 1.97 bits per heavy atom. The van der Waals surface area contributed by atoms with Gasteiger partial charge in [-0.3, -0.25) is 19.2 Å². The van der Waals surface area contributed by atoms with Crippen LogP contribution in [0.15, 0.2) is 30.3 Å². The molecule has 1 aromatic rings. The van der Waals surface area contributed by atoms with E-state index in [1.165, 1.54) is 6.92 Å². The summed E-state index contributed by atoms with van der Waals surface area (Å²) in [4.78, 5) is 61.0. The zero-order valence-electron chi connectivity index (χ0n) is 20.8. The van der Waals surface area contributed by atoms with Gasteiger partial charge in [-0.05, 0) is 31.2 Å². The molecule has 0 aromatic heterocycles. The average Bonchev–Trinajstić information content (AvgIpc) is 2.79. The van der Waals surface area contributed by atoms with Gasteiger partial charge in [0.25, 0.3) is 0 Å². The van der Waals surface area contributed by atoms with Crippen LogP contribution in [0.4, 0.5) is 0 Å². The molecule has 1 rings (SSSR count). The zero-order valence-corrected chi connectivity index (χ0v) is 20.8. The molecule has 36 heavy (non-hydrogen) atoms.